The summed E-state index contributed by atoms with van der Waals surface area (Å²) >= 11 is 0. The number of methoxy groups -OCH3 is 2. The highest BCUT2D eigenvalue weighted by Crippen LogP contribution is 2.06. The first-order chi connectivity index (χ1) is 6.51. The molecule has 4 nitrogen and oxygen atoms in total. The lowest BCUT2D eigenvalue weighted by molar-refractivity contribution is -0.134. The number of aliphatic carboxylic acids is 1. The predicted octanol–water partition coefficient (Wildman–Crippen LogP) is 1.49. The molecule has 0 bridgehead atoms. The summed E-state index contributed by atoms with van der Waals surface area (Å²) in [7, 11) is 2.85. The van der Waals surface area contributed by atoms with Crippen molar-refractivity contribution in [2.75, 3.05) is 14.2 Å². The first-order valence-electron chi connectivity index (χ1n) is 3.85. The smallest absolute Gasteiger partial charge is 0.364 e. The molecule has 0 aromatic heterocycles. The summed E-state index contributed by atoms with van der Waals surface area (Å²) < 4.78 is 22.2. The quantitative estimate of drug-likeness (QED) is 0.418. The zero-order chi connectivity index (χ0) is 11.1. The van der Waals surface area contributed by atoms with Crippen molar-refractivity contribution in [3.05, 3.63) is 23.6 Å². The van der Waals surface area contributed by atoms with Crippen molar-refractivity contribution in [1.29, 1.82) is 0 Å². The van der Waals surface area contributed by atoms with E-state index in [-0.39, 0.29) is 0 Å². The van der Waals surface area contributed by atoms with E-state index in [0.717, 1.165) is 6.08 Å². The van der Waals surface area contributed by atoms with Gasteiger partial charge in [0.25, 0.3) is 0 Å². The van der Waals surface area contributed by atoms with Crippen LogP contribution in [-0.4, -0.2) is 31.6 Å². The summed E-state index contributed by atoms with van der Waals surface area (Å²) in [6, 6.07) is 0. The van der Waals surface area contributed by atoms with Gasteiger partial charge in [0.05, 0.1) is 0 Å². The fourth-order valence-corrected chi connectivity index (χ4v) is 0.757. The van der Waals surface area contributed by atoms with Crippen LogP contribution in [0.1, 0.15) is 6.92 Å². The van der Waals surface area contributed by atoms with Crippen LogP contribution in [-0.2, 0) is 14.3 Å². The van der Waals surface area contributed by atoms with Crippen molar-refractivity contribution in [2.24, 2.45) is 0 Å². The molecule has 5 heteroatoms. The van der Waals surface area contributed by atoms with E-state index in [4.69, 9.17) is 14.6 Å². The topological polar surface area (TPSA) is 55.8 Å². The Morgan fingerprint density at radius 2 is 1.93 bits per heavy atom. The molecule has 0 amide bonds. The highest BCUT2D eigenvalue weighted by molar-refractivity contribution is 5.84. The number of carboxylic acids is 1. The van der Waals surface area contributed by atoms with Crippen molar-refractivity contribution in [3.8, 4) is 0 Å². The van der Waals surface area contributed by atoms with Crippen molar-refractivity contribution < 1.29 is 23.8 Å². The molecule has 0 fully saturated rings. The van der Waals surface area contributed by atoms with Crippen LogP contribution in [0.15, 0.2) is 23.6 Å². The largest absolute Gasteiger partial charge is 0.476 e. The second kappa shape index (κ2) is 6.28. The number of allylic oxidation sites excluding steroid dienone is 2. The molecular weight excluding hydrogens is 191 g/mol. The van der Waals surface area contributed by atoms with Gasteiger partial charge in [-0.05, 0) is 24.6 Å². The van der Waals surface area contributed by atoms with E-state index in [1.807, 2.05) is 0 Å². The number of hydrogen-bond acceptors (Lipinski definition) is 3. The van der Waals surface area contributed by atoms with Crippen LogP contribution in [0.25, 0.3) is 0 Å². The van der Waals surface area contributed by atoms with E-state index < -0.39 is 18.1 Å². The van der Waals surface area contributed by atoms with Crippen molar-refractivity contribution in [3.63, 3.8) is 0 Å². The molecule has 14 heavy (non-hydrogen) atoms. The molecule has 0 aliphatic heterocycles. The molecule has 0 aromatic rings. The molecule has 0 saturated carbocycles. The fraction of sp³-hybridized carbons (Fsp3) is 0.444. The van der Waals surface area contributed by atoms with Gasteiger partial charge in [0, 0.05) is 14.2 Å². The summed E-state index contributed by atoms with van der Waals surface area (Å²) in [6.07, 6.45) is 1.75. The molecule has 0 aliphatic carbocycles. The molecule has 0 saturated heterocycles. The second-order valence-electron chi connectivity index (χ2n) is 2.55. The first-order valence-corrected chi connectivity index (χ1v) is 3.85. The van der Waals surface area contributed by atoms with E-state index in [1.54, 1.807) is 6.92 Å². The third-order valence-electron chi connectivity index (χ3n) is 1.42. The molecule has 0 spiro atoms. The number of halogens is 1. The highest BCUT2D eigenvalue weighted by atomic mass is 19.1. The van der Waals surface area contributed by atoms with E-state index >= 15 is 0 Å². The minimum atomic E-state index is -1.59. The van der Waals surface area contributed by atoms with Gasteiger partial charge < -0.3 is 14.6 Å². The van der Waals surface area contributed by atoms with Gasteiger partial charge in [-0.3, -0.25) is 0 Å². The number of rotatable bonds is 5. The number of carboxylic acid groups (broad SMARTS) is 1. The zero-order valence-corrected chi connectivity index (χ0v) is 8.28. The van der Waals surface area contributed by atoms with Gasteiger partial charge in [-0.25, -0.2) is 4.79 Å². The first kappa shape index (κ1) is 12.8. The standard InChI is InChI=1S/C9H13FO4/c1-6(4-7(10)9(11)12)5-8(13-2)14-3/h4-5,8H,1-3H3,(H,11,12)/b6-5+,7-4-. The summed E-state index contributed by atoms with van der Waals surface area (Å²) in [4.78, 5) is 10.1. The maximum atomic E-state index is 12.6. The Kier molecular flexibility index (Phi) is 5.74. The summed E-state index contributed by atoms with van der Waals surface area (Å²) in [5.41, 5.74) is 0.415. The maximum absolute atomic E-state index is 12.6. The van der Waals surface area contributed by atoms with Gasteiger partial charge in [-0.15, -0.1) is 0 Å². The Labute approximate surface area is 81.6 Å². The maximum Gasteiger partial charge on any atom is 0.364 e. The molecule has 0 aliphatic rings. The molecule has 0 heterocycles. The summed E-state index contributed by atoms with van der Waals surface area (Å²) in [5, 5.41) is 8.25. The Balaban J connectivity index is 4.53. The molecule has 1 N–H and O–H groups in total. The minimum absolute atomic E-state index is 0.415. The Morgan fingerprint density at radius 3 is 2.29 bits per heavy atom. The molecule has 0 unspecified atom stereocenters. The van der Waals surface area contributed by atoms with Crippen molar-refractivity contribution >= 4 is 5.97 Å². The molecule has 80 valence electrons. The van der Waals surface area contributed by atoms with Crippen LogP contribution in [0.3, 0.4) is 0 Å². The normalized spacial score (nSPS) is 13.5. The van der Waals surface area contributed by atoms with Gasteiger partial charge in [-0.2, -0.15) is 4.39 Å². The summed E-state index contributed by atoms with van der Waals surface area (Å²) in [6.45, 7) is 1.55. The second-order valence-corrected chi connectivity index (χ2v) is 2.55. The van der Waals surface area contributed by atoms with Crippen LogP contribution < -0.4 is 0 Å². The van der Waals surface area contributed by atoms with E-state index in [2.05, 4.69) is 0 Å². The molecule has 0 radical (unpaired) electrons. The lowest BCUT2D eigenvalue weighted by Crippen LogP contribution is -2.09. The minimum Gasteiger partial charge on any atom is -0.476 e. The van der Waals surface area contributed by atoms with E-state index in [0.29, 0.717) is 5.57 Å². The van der Waals surface area contributed by atoms with E-state index in [1.165, 1.54) is 20.3 Å². The third kappa shape index (κ3) is 4.74. The Hall–Kier alpha value is -1.20. The van der Waals surface area contributed by atoms with E-state index in [9.17, 15) is 9.18 Å². The number of hydrogen-bond donors (Lipinski definition) is 1. The zero-order valence-electron chi connectivity index (χ0n) is 8.28. The van der Waals surface area contributed by atoms with Crippen molar-refractivity contribution in [1.82, 2.24) is 0 Å². The van der Waals surface area contributed by atoms with Crippen molar-refractivity contribution in [2.45, 2.75) is 13.2 Å². The lowest BCUT2D eigenvalue weighted by Gasteiger charge is -2.08. The fourth-order valence-electron chi connectivity index (χ4n) is 0.757. The SMILES string of the molecule is COC(/C=C(C)/C=C(\F)C(=O)O)OC. The van der Waals surface area contributed by atoms with Crippen LogP contribution in [0.4, 0.5) is 4.39 Å². The van der Waals surface area contributed by atoms with Gasteiger partial charge >= 0.3 is 5.97 Å². The average molecular weight is 204 g/mol. The molecule has 0 atom stereocenters. The van der Waals surface area contributed by atoms with Crippen LogP contribution in [0, 0.1) is 0 Å². The van der Waals surface area contributed by atoms with Gasteiger partial charge in [-0.1, -0.05) is 0 Å². The number of carbonyl (C=O) groups is 1. The summed E-state index contributed by atoms with van der Waals surface area (Å²) in [5.74, 6) is -2.81. The highest BCUT2D eigenvalue weighted by Gasteiger charge is 2.06. The predicted molar refractivity (Wildman–Crippen MR) is 48.4 cm³/mol. The molecule has 0 rings (SSSR count). The Bertz CT molecular complexity index is 254. The van der Waals surface area contributed by atoms with Crippen LogP contribution >= 0.6 is 0 Å². The van der Waals surface area contributed by atoms with Gasteiger partial charge in [0.2, 0.25) is 5.83 Å². The van der Waals surface area contributed by atoms with Gasteiger partial charge in [0.1, 0.15) is 0 Å². The molecule has 0 aromatic carbocycles. The molecular formula is C9H13FO4. The monoisotopic (exact) mass is 204 g/mol. The third-order valence-corrected chi connectivity index (χ3v) is 1.42. The lowest BCUT2D eigenvalue weighted by atomic mass is 10.2. The number of ether oxygens (including phenoxy) is 2. The van der Waals surface area contributed by atoms with Gasteiger partial charge in [0.15, 0.2) is 6.29 Å². The van der Waals surface area contributed by atoms with Crippen LogP contribution in [0.5, 0.6) is 0 Å². The average Bonchev–Trinajstić information content (AvgIpc) is 2.13. The van der Waals surface area contributed by atoms with Crippen LogP contribution in [0.2, 0.25) is 0 Å². The Morgan fingerprint density at radius 1 is 1.43 bits per heavy atom.